The summed E-state index contributed by atoms with van der Waals surface area (Å²) in [7, 11) is 0. The number of pyridine rings is 1. The van der Waals surface area contributed by atoms with Crippen molar-refractivity contribution in [2.75, 3.05) is 5.32 Å². The van der Waals surface area contributed by atoms with Crippen molar-refractivity contribution in [1.82, 2.24) is 10.3 Å². The smallest absolute Gasteiger partial charge is 0.408 e. The topological polar surface area (TPSA) is 80.3 Å². The van der Waals surface area contributed by atoms with Gasteiger partial charge in [-0.05, 0) is 67.6 Å². The van der Waals surface area contributed by atoms with Gasteiger partial charge < -0.3 is 15.4 Å². The standard InChI is InChI=1S/C18H26BrN3O3/c1-18(2,3)25-17(24)22-15(12-7-5-4-6-8-12)16(23)21-13-9-10-14(19)20-11-13/h9-12,15H,4-8H2,1-3H3,(H,21,23)(H,22,24)/t15-/m0/s1. The summed E-state index contributed by atoms with van der Waals surface area (Å²) in [6, 6.07) is 2.91. The number of aromatic nitrogens is 1. The van der Waals surface area contributed by atoms with Gasteiger partial charge in [0.05, 0.1) is 11.9 Å². The molecule has 0 spiro atoms. The number of ether oxygens (including phenoxy) is 1. The van der Waals surface area contributed by atoms with Crippen LogP contribution in [0.4, 0.5) is 10.5 Å². The van der Waals surface area contributed by atoms with E-state index in [2.05, 4.69) is 31.5 Å². The van der Waals surface area contributed by atoms with Crippen LogP contribution < -0.4 is 10.6 Å². The molecule has 0 radical (unpaired) electrons. The van der Waals surface area contributed by atoms with E-state index in [1.165, 1.54) is 6.42 Å². The number of alkyl carbamates (subject to hydrolysis) is 1. The highest BCUT2D eigenvalue weighted by molar-refractivity contribution is 9.10. The Kier molecular flexibility index (Phi) is 6.81. The molecule has 0 saturated heterocycles. The van der Waals surface area contributed by atoms with Crippen LogP contribution in [0.3, 0.4) is 0 Å². The molecular formula is C18H26BrN3O3. The van der Waals surface area contributed by atoms with E-state index in [1.54, 1.807) is 39.1 Å². The van der Waals surface area contributed by atoms with E-state index in [0.29, 0.717) is 10.3 Å². The molecule has 25 heavy (non-hydrogen) atoms. The number of carbonyl (C=O) groups is 2. The fraction of sp³-hybridized carbons (Fsp3) is 0.611. The summed E-state index contributed by atoms with van der Waals surface area (Å²) in [6.07, 6.45) is 6.18. The van der Waals surface area contributed by atoms with Crippen molar-refractivity contribution in [1.29, 1.82) is 0 Å². The van der Waals surface area contributed by atoms with Crippen molar-refractivity contribution < 1.29 is 14.3 Å². The normalized spacial score (nSPS) is 16.8. The van der Waals surface area contributed by atoms with Crippen LogP contribution in [-0.4, -0.2) is 28.6 Å². The number of nitrogens with zero attached hydrogens (tertiary/aromatic N) is 1. The summed E-state index contributed by atoms with van der Waals surface area (Å²) in [4.78, 5) is 29.1. The quantitative estimate of drug-likeness (QED) is 0.725. The highest BCUT2D eigenvalue weighted by Crippen LogP contribution is 2.27. The molecule has 1 aliphatic rings. The third-order valence-corrected chi connectivity index (χ3v) is 4.54. The van der Waals surface area contributed by atoms with E-state index >= 15 is 0 Å². The van der Waals surface area contributed by atoms with Crippen molar-refractivity contribution in [3.05, 3.63) is 22.9 Å². The average Bonchev–Trinajstić information content (AvgIpc) is 2.54. The van der Waals surface area contributed by atoms with Crippen LogP contribution in [0.25, 0.3) is 0 Å². The van der Waals surface area contributed by atoms with E-state index in [1.807, 2.05) is 0 Å². The minimum atomic E-state index is -0.612. The molecule has 7 heteroatoms. The Morgan fingerprint density at radius 3 is 2.48 bits per heavy atom. The maximum atomic E-state index is 12.8. The lowest BCUT2D eigenvalue weighted by molar-refractivity contribution is -0.119. The molecular weight excluding hydrogens is 386 g/mol. The lowest BCUT2D eigenvalue weighted by Gasteiger charge is -2.31. The SMILES string of the molecule is CC(C)(C)OC(=O)N[C@H](C(=O)Nc1ccc(Br)nc1)C1CCCCC1. The van der Waals surface area contributed by atoms with Gasteiger partial charge in [-0.15, -0.1) is 0 Å². The summed E-state index contributed by atoms with van der Waals surface area (Å²) in [5, 5.41) is 5.61. The fourth-order valence-electron chi connectivity index (χ4n) is 2.97. The Balaban J connectivity index is 2.08. The lowest BCUT2D eigenvalue weighted by Crippen LogP contribution is -2.50. The molecule has 1 heterocycles. The van der Waals surface area contributed by atoms with Gasteiger partial charge in [-0.1, -0.05) is 19.3 Å². The lowest BCUT2D eigenvalue weighted by atomic mass is 9.83. The summed E-state index contributed by atoms with van der Waals surface area (Å²) >= 11 is 3.27. The fourth-order valence-corrected chi connectivity index (χ4v) is 3.20. The molecule has 1 aromatic rings. The summed E-state index contributed by atoms with van der Waals surface area (Å²) in [6.45, 7) is 5.40. The molecule has 1 saturated carbocycles. The van der Waals surface area contributed by atoms with Crippen LogP contribution in [-0.2, 0) is 9.53 Å². The van der Waals surface area contributed by atoms with Crippen molar-refractivity contribution in [3.8, 4) is 0 Å². The molecule has 1 aliphatic carbocycles. The number of rotatable bonds is 4. The summed E-state index contributed by atoms with van der Waals surface area (Å²) in [5.74, 6) is -0.119. The first-order chi connectivity index (χ1) is 11.7. The molecule has 2 rings (SSSR count). The molecule has 138 valence electrons. The molecule has 0 aromatic carbocycles. The van der Waals surface area contributed by atoms with Crippen LogP contribution >= 0.6 is 15.9 Å². The summed E-state index contributed by atoms with van der Waals surface area (Å²) in [5.41, 5.74) is -0.00665. The van der Waals surface area contributed by atoms with E-state index in [4.69, 9.17) is 4.74 Å². The Morgan fingerprint density at radius 1 is 1.24 bits per heavy atom. The molecule has 6 nitrogen and oxygen atoms in total. The zero-order valence-corrected chi connectivity index (χ0v) is 16.6. The van der Waals surface area contributed by atoms with Gasteiger partial charge >= 0.3 is 6.09 Å². The molecule has 2 amide bonds. The Morgan fingerprint density at radius 2 is 1.92 bits per heavy atom. The van der Waals surface area contributed by atoms with Gasteiger partial charge in [0.2, 0.25) is 5.91 Å². The minimum Gasteiger partial charge on any atom is -0.444 e. The molecule has 2 N–H and O–H groups in total. The molecule has 1 fully saturated rings. The van der Waals surface area contributed by atoms with Crippen LogP contribution in [0.2, 0.25) is 0 Å². The average molecular weight is 412 g/mol. The Bertz CT molecular complexity index is 593. The maximum absolute atomic E-state index is 12.8. The van der Waals surface area contributed by atoms with E-state index in [-0.39, 0.29) is 11.8 Å². The number of halogens is 1. The van der Waals surface area contributed by atoms with Crippen LogP contribution in [0.5, 0.6) is 0 Å². The third kappa shape index (κ3) is 6.65. The first kappa shape index (κ1) is 19.7. The largest absolute Gasteiger partial charge is 0.444 e. The first-order valence-electron chi connectivity index (χ1n) is 8.66. The molecule has 0 bridgehead atoms. The second-order valence-corrected chi connectivity index (χ2v) is 8.19. The molecule has 0 aliphatic heterocycles. The number of hydrogen-bond donors (Lipinski definition) is 2. The van der Waals surface area contributed by atoms with Crippen molar-refractivity contribution in [2.45, 2.75) is 64.5 Å². The van der Waals surface area contributed by atoms with Crippen molar-refractivity contribution in [3.63, 3.8) is 0 Å². The number of nitrogens with one attached hydrogen (secondary N) is 2. The maximum Gasteiger partial charge on any atom is 0.408 e. The zero-order valence-electron chi connectivity index (χ0n) is 15.0. The van der Waals surface area contributed by atoms with Crippen LogP contribution in [0, 0.1) is 5.92 Å². The summed E-state index contributed by atoms with van der Waals surface area (Å²) < 4.78 is 6.02. The van der Waals surface area contributed by atoms with E-state index in [9.17, 15) is 9.59 Å². The number of hydrogen-bond acceptors (Lipinski definition) is 4. The third-order valence-electron chi connectivity index (χ3n) is 4.07. The van der Waals surface area contributed by atoms with Gasteiger partial charge in [-0.2, -0.15) is 0 Å². The zero-order chi connectivity index (χ0) is 18.4. The van der Waals surface area contributed by atoms with Gasteiger partial charge in [0.1, 0.15) is 16.2 Å². The number of carbonyl (C=O) groups excluding carboxylic acids is 2. The van der Waals surface area contributed by atoms with Crippen LogP contribution in [0.15, 0.2) is 22.9 Å². The second kappa shape index (κ2) is 8.65. The second-order valence-electron chi connectivity index (χ2n) is 7.38. The highest BCUT2D eigenvalue weighted by atomic mass is 79.9. The van der Waals surface area contributed by atoms with Gasteiger partial charge in [0.15, 0.2) is 0 Å². The minimum absolute atomic E-state index is 0.115. The monoisotopic (exact) mass is 411 g/mol. The highest BCUT2D eigenvalue weighted by Gasteiger charge is 2.32. The van der Waals surface area contributed by atoms with Crippen molar-refractivity contribution >= 4 is 33.6 Å². The predicted molar refractivity (Wildman–Crippen MR) is 100 cm³/mol. The van der Waals surface area contributed by atoms with Crippen molar-refractivity contribution in [2.24, 2.45) is 5.92 Å². The molecule has 0 unspecified atom stereocenters. The molecule has 1 atom stereocenters. The number of anilines is 1. The van der Waals surface area contributed by atoms with Crippen LogP contribution in [0.1, 0.15) is 52.9 Å². The molecule has 1 aromatic heterocycles. The first-order valence-corrected chi connectivity index (χ1v) is 9.46. The predicted octanol–water partition coefficient (Wildman–Crippen LogP) is 4.26. The Labute approximate surface area is 157 Å². The van der Waals surface area contributed by atoms with E-state index < -0.39 is 17.7 Å². The Hall–Kier alpha value is -1.63. The van der Waals surface area contributed by atoms with E-state index in [0.717, 1.165) is 25.7 Å². The van der Waals surface area contributed by atoms with Gasteiger partial charge in [0.25, 0.3) is 0 Å². The number of amides is 2. The van der Waals surface area contributed by atoms with Gasteiger partial charge in [-0.3, -0.25) is 4.79 Å². The van der Waals surface area contributed by atoms with Gasteiger partial charge in [0, 0.05) is 0 Å². The van der Waals surface area contributed by atoms with Gasteiger partial charge in [-0.25, -0.2) is 9.78 Å².